The summed E-state index contributed by atoms with van der Waals surface area (Å²) >= 11 is 8.08. The molecule has 0 aromatic heterocycles. The topological polar surface area (TPSA) is 87.2 Å². The summed E-state index contributed by atoms with van der Waals surface area (Å²) in [4.78, 5) is 45.4. The van der Waals surface area contributed by atoms with Gasteiger partial charge in [-0.25, -0.2) is 0 Å². The lowest BCUT2D eigenvalue weighted by atomic mass is 9.71. The van der Waals surface area contributed by atoms with Crippen molar-refractivity contribution in [1.29, 1.82) is 0 Å². The van der Waals surface area contributed by atoms with Gasteiger partial charge >= 0.3 is 5.97 Å². The van der Waals surface area contributed by atoms with Crippen LogP contribution in [0.4, 0.5) is 5.69 Å². The molecule has 1 N–H and O–H groups in total. The van der Waals surface area contributed by atoms with Crippen molar-refractivity contribution in [2.75, 3.05) is 24.7 Å². The lowest BCUT2D eigenvalue weighted by Crippen LogP contribution is -2.56. The Bertz CT molecular complexity index is 1290. The van der Waals surface area contributed by atoms with Gasteiger partial charge in [0.1, 0.15) is 12.6 Å². The highest BCUT2D eigenvalue weighted by Gasteiger charge is 2.75. The number of halogens is 1. The molecule has 0 aliphatic carbocycles. The van der Waals surface area contributed by atoms with E-state index in [1.807, 2.05) is 30.3 Å². The molecule has 1 spiro atoms. The Kier molecular flexibility index (Phi) is 7.89. The number of esters is 1. The number of thioether (sulfide) groups is 1. The number of aliphatic hydroxyl groups excluding tert-OH is 1. The van der Waals surface area contributed by atoms with E-state index >= 15 is 0 Å². The molecule has 2 aromatic carbocycles. The fourth-order valence-corrected chi connectivity index (χ4v) is 8.92. The van der Waals surface area contributed by atoms with Crippen molar-refractivity contribution in [3.05, 3.63) is 90.5 Å². The minimum absolute atomic E-state index is 0.0512. The number of likely N-dealkylation sites (tertiary alicyclic amines) is 1. The normalized spacial score (nSPS) is 27.6. The van der Waals surface area contributed by atoms with Gasteiger partial charge in [0.25, 0.3) is 5.91 Å². The maximum absolute atomic E-state index is 14.7. The van der Waals surface area contributed by atoms with Gasteiger partial charge in [0.15, 0.2) is 0 Å². The second-order valence-corrected chi connectivity index (χ2v) is 12.0. The van der Waals surface area contributed by atoms with Gasteiger partial charge in [-0.05, 0) is 30.5 Å². The van der Waals surface area contributed by atoms with Crippen LogP contribution in [-0.2, 0) is 19.1 Å². The van der Waals surface area contributed by atoms with E-state index in [-0.39, 0.29) is 36.8 Å². The lowest BCUT2D eigenvalue weighted by Gasteiger charge is -2.39. The van der Waals surface area contributed by atoms with Crippen LogP contribution in [0.25, 0.3) is 0 Å². The maximum Gasteiger partial charge on any atom is 0.311 e. The first-order valence-electron chi connectivity index (χ1n) is 13.0. The molecule has 0 radical (unpaired) electrons. The molecule has 3 aliphatic heterocycles. The summed E-state index contributed by atoms with van der Waals surface area (Å²) in [6, 6.07) is 14.5. The Balaban J connectivity index is 1.64. The van der Waals surface area contributed by atoms with E-state index in [0.29, 0.717) is 29.1 Å². The van der Waals surface area contributed by atoms with Gasteiger partial charge in [-0.3, -0.25) is 14.4 Å². The highest BCUT2D eigenvalue weighted by atomic mass is 35.5. The number of benzene rings is 2. The summed E-state index contributed by atoms with van der Waals surface area (Å²) in [5, 5.41) is 10.9. The summed E-state index contributed by atoms with van der Waals surface area (Å²) < 4.78 is 4.59. The Morgan fingerprint density at radius 3 is 2.56 bits per heavy atom. The number of ether oxygens (including phenoxy) is 1. The van der Waals surface area contributed by atoms with Gasteiger partial charge < -0.3 is 19.6 Å². The van der Waals surface area contributed by atoms with Crippen LogP contribution in [0, 0.1) is 11.8 Å². The van der Waals surface area contributed by atoms with Crippen LogP contribution < -0.4 is 4.90 Å². The Morgan fingerprint density at radius 1 is 1.18 bits per heavy atom. The molecule has 6 atom stereocenters. The average molecular weight is 567 g/mol. The number of fused-ring (bicyclic) bond motifs is 1. The lowest BCUT2D eigenvalue weighted by molar-refractivity contribution is -0.153. The molecule has 2 aromatic rings. The zero-order chi connectivity index (χ0) is 27.7. The third-order valence-electron chi connectivity index (χ3n) is 8.00. The second kappa shape index (κ2) is 11.2. The molecule has 3 fully saturated rings. The number of amides is 2. The summed E-state index contributed by atoms with van der Waals surface area (Å²) in [6.07, 6.45) is 4.39. The van der Waals surface area contributed by atoms with E-state index in [1.54, 1.807) is 47.0 Å². The third kappa shape index (κ3) is 4.48. The van der Waals surface area contributed by atoms with Gasteiger partial charge in [-0.15, -0.1) is 18.3 Å². The zero-order valence-electron chi connectivity index (χ0n) is 21.4. The molecular formula is C30H31ClN2O5S. The predicted molar refractivity (Wildman–Crippen MR) is 152 cm³/mol. The largest absolute Gasteiger partial charge is 0.461 e. The van der Waals surface area contributed by atoms with E-state index < -0.39 is 34.6 Å². The zero-order valence-corrected chi connectivity index (χ0v) is 23.0. The van der Waals surface area contributed by atoms with Crippen LogP contribution in [0.2, 0.25) is 5.02 Å². The molecule has 7 nitrogen and oxygen atoms in total. The molecular weight excluding hydrogens is 536 g/mol. The number of carbonyl (C=O) groups excluding carboxylic acids is 3. The quantitative estimate of drug-likeness (QED) is 0.338. The van der Waals surface area contributed by atoms with Crippen LogP contribution >= 0.6 is 23.4 Å². The van der Waals surface area contributed by atoms with Crippen molar-refractivity contribution in [1.82, 2.24) is 4.90 Å². The maximum atomic E-state index is 14.7. The number of rotatable bonds is 10. The standard InChI is InChI=1S/C30H31ClN2O5S/c1-3-16-32(21-13-9-8-12-20(21)31)28(36)26-30-15-14-23(39-30)24(29(37)38-17-4-2)25(30)27(35)33(26)22(18-34)19-10-6-5-7-11-19/h3-13,22-26,34H,1-2,14-18H2/t22-,23+,24-,25+,26?,30?/m1/s1. The first kappa shape index (κ1) is 27.5. The van der Waals surface area contributed by atoms with Crippen LogP contribution in [0.15, 0.2) is 79.9 Å². The predicted octanol–water partition coefficient (Wildman–Crippen LogP) is 4.41. The first-order valence-corrected chi connectivity index (χ1v) is 14.3. The van der Waals surface area contributed by atoms with E-state index in [0.717, 1.165) is 0 Å². The molecule has 2 unspecified atom stereocenters. The minimum atomic E-state index is -0.934. The fourth-order valence-electron chi connectivity index (χ4n) is 6.50. The number of anilines is 1. The summed E-state index contributed by atoms with van der Waals surface area (Å²) in [5.41, 5.74) is 1.22. The number of carbonyl (C=O) groups is 3. The van der Waals surface area contributed by atoms with Crippen molar-refractivity contribution in [2.24, 2.45) is 11.8 Å². The number of hydrogen-bond donors (Lipinski definition) is 1. The van der Waals surface area contributed by atoms with Gasteiger partial charge in [0, 0.05) is 11.8 Å². The molecule has 3 saturated heterocycles. The fraction of sp³-hybridized carbons (Fsp3) is 0.367. The van der Waals surface area contributed by atoms with Crippen LogP contribution in [-0.4, -0.2) is 63.6 Å². The number of nitrogens with zero attached hydrogens (tertiary/aromatic N) is 2. The van der Waals surface area contributed by atoms with Crippen molar-refractivity contribution in [3.8, 4) is 0 Å². The Hall–Kier alpha value is -3.07. The molecule has 5 rings (SSSR count). The Morgan fingerprint density at radius 2 is 1.90 bits per heavy atom. The van der Waals surface area contributed by atoms with E-state index in [2.05, 4.69) is 13.2 Å². The summed E-state index contributed by atoms with van der Waals surface area (Å²) in [5.74, 6) is -2.51. The molecule has 204 valence electrons. The molecule has 9 heteroatoms. The van der Waals surface area contributed by atoms with Crippen LogP contribution in [0.3, 0.4) is 0 Å². The van der Waals surface area contributed by atoms with Gasteiger partial charge in [-0.2, -0.15) is 0 Å². The van der Waals surface area contributed by atoms with E-state index in [1.165, 1.54) is 11.0 Å². The molecule has 3 aliphatic rings. The van der Waals surface area contributed by atoms with Crippen LogP contribution in [0.1, 0.15) is 24.4 Å². The SMILES string of the molecule is C=CCOC(=O)[C@@H]1[C@@H]2CCC3(S2)C(C(=O)N(CC=C)c2ccccc2Cl)N([C@H](CO)c2ccccc2)C(=O)[C@H]13. The first-order chi connectivity index (χ1) is 18.9. The van der Waals surface area contributed by atoms with Crippen LogP contribution in [0.5, 0.6) is 0 Å². The van der Waals surface area contributed by atoms with E-state index in [9.17, 15) is 19.5 Å². The molecule has 39 heavy (non-hydrogen) atoms. The van der Waals surface area contributed by atoms with Crippen molar-refractivity contribution < 1.29 is 24.2 Å². The molecule has 3 heterocycles. The second-order valence-electron chi connectivity index (χ2n) is 10.0. The monoisotopic (exact) mass is 566 g/mol. The number of aliphatic hydroxyl groups is 1. The van der Waals surface area contributed by atoms with E-state index in [4.69, 9.17) is 16.3 Å². The highest BCUT2D eigenvalue weighted by molar-refractivity contribution is 8.02. The molecule has 2 bridgehead atoms. The molecule has 0 saturated carbocycles. The van der Waals surface area contributed by atoms with Crippen molar-refractivity contribution in [3.63, 3.8) is 0 Å². The van der Waals surface area contributed by atoms with Gasteiger partial charge in [-0.1, -0.05) is 72.8 Å². The third-order valence-corrected chi connectivity index (χ3v) is 10.3. The van der Waals surface area contributed by atoms with Gasteiger partial charge in [0.05, 0.1) is 39.9 Å². The average Bonchev–Trinajstić information content (AvgIpc) is 3.59. The van der Waals surface area contributed by atoms with Crippen molar-refractivity contribution >= 4 is 46.8 Å². The van der Waals surface area contributed by atoms with Crippen molar-refractivity contribution in [2.45, 2.75) is 34.9 Å². The minimum Gasteiger partial charge on any atom is -0.461 e. The summed E-state index contributed by atoms with van der Waals surface area (Å²) in [7, 11) is 0. The highest BCUT2D eigenvalue weighted by Crippen LogP contribution is 2.67. The number of para-hydroxylation sites is 1. The Labute approximate surface area is 237 Å². The van der Waals surface area contributed by atoms with Gasteiger partial charge in [0.2, 0.25) is 5.91 Å². The summed E-state index contributed by atoms with van der Waals surface area (Å²) in [6.45, 7) is 7.31. The number of hydrogen-bond acceptors (Lipinski definition) is 6. The molecule has 2 amide bonds. The smallest absolute Gasteiger partial charge is 0.311 e.